The highest BCUT2D eigenvalue weighted by Gasteiger charge is 2.30. The smallest absolute Gasteiger partial charge is 0.257 e. The number of nitrogens with zero attached hydrogens (tertiary/aromatic N) is 1. The van der Waals surface area contributed by atoms with Crippen molar-refractivity contribution < 1.29 is 13.6 Å². The molecule has 0 aliphatic carbocycles. The van der Waals surface area contributed by atoms with Gasteiger partial charge in [0.15, 0.2) is 0 Å². The molecule has 6 heteroatoms. The van der Waals surface area contributed by atoms with Crippen molar-refractivity contribution in [1.29, 1.82) is 0 Å². The maximum absolute atomic E-state index is 14.0. The maximum Gasteiger partial charge on any atom is 0.257 e. The summed E-state index contributed by atoms with van der Waals surface area (Å²) >= 11 is 0. The zero-order valence-electron chi connectivity index (χ0n) is 13.3. The lowest BCUT2D eigenvalue weighted by Gasteiger charge is -2.36. The quantitative estimate of drug-likeness (QED) is 0.897. The van der Waals surface area contributed by atoms with E-state index in [1.807, 2.05) is 6.92 Å². The molecule has 2 aromatic rings. The number of hydrogen-bond donors (Lipinski definition) is 1. The zero-order chi connectivity index (χ0) is 16.4. The summed E-state index contributed by atoms with van der Waals surface area (Å²) < 4.78 is 27.6. The van der Waals surface area contributed by atoms with Crippen LogP contribution < -0.4 is 5.32 Å². The number of piperazine rings is 1. The Kier molecular flexibility index (Phi) is 5.91. The van der Waals surface area contributed by atoms with E-state index in [1.54, 1.807) is 29.2 Å². The molecule has 24 heavy (non-hydrogen) atoms. The molecule has 0 aromatic heterocycles. The second kappa shape index (κ2) is 7.73. The van der Waals surface area contributed by atoms with Crippen molar-refractivity contribution in [2.75, 3.05) is 19.6 Å². The first kappa shape index (κ1) is 18.4. The lowest BCUT2D eigenvalue weighted by molar-refractivity contribution is 0.0629. The van der Waals surface area contributed by atoms with E-state index >= 15 is 0 Å². The minimum absolute atomic E-state index is 0. The third-order valence-corrected chi connectivity index (χ3v) is 4.09. The molecule has 0 radical (unpaired) electrons. The minimum Gasteiger partial charge on any atom is -0.329 e. The van der Waals surface area contributed by atoms with Gasteiger partial charge in [-0.1, -0.05) is 23.8 Å². The average molecular weight is 353 g/mol. The first-order chi connectivity index (χ1) is 11.1. The summed E-state index contributed by atoms with van der Waals surface area (Å²) in [5, 5.41) is 3.21. The summed E-state index contributed by atoms with van der Waals surface area (Å²) in [6.45, 7) is 3.42. The van der Waals surface area contributed by atoms with Crippen LogP contribution in [0.3, 0.4) is 0 Å². The predicted molar refractivity (Wildman–Crippen MR) is 91.4 cm³/mol. The van der Waals surface area contributed by atoms with E-state index in [9.17, 15) is 13.6 Å². The van der Waals surface area contributed by atoms with Gasteiger partial charge < -0.3 is 10.2 Å². The summed E-state index contributed by atoms with van der Waals surface area (Å²) in [7, 11) is 0. The molecule has 1 unspecified atom stereocenters. The number of benzene rings is 2. The van der Waals surface area contributed by atoms with Gasteiger partial charge in [0.05, 0.1) is 11.6 Å². The molecule has 1 amide bonds. The molecule has 0 spiro atoms. The normalized spacial score (nSPS) is 17.3. The molecule has 1 fully saturated rings. The zero-order valence-corrected chi connectivity index (χ0v) is 14.1. The van der Waals surface area contributed by atoms with Crippen LogP contribution in [0.1, 0.15) is 27.5 Å². The van der Waals surface area contributed by atoms with Crippen LogP contribution in [0.15, 0.2) is 42.5 Å². The predicted octanol–water partition coefficient (Wildman–Crippen LogP) is 3.48. The summed E-state index contributed by atoms with van der Waals surface area (Å²) in [5.74, 6) is -1.23. The van der Waals surface area contributed by atoms with Crippen molar-refractivity contribution in [2.45, 2.75) is 13.0 Å². The molecule has 2 aromatic carbocycles. The summed E-state index contributed by atoms with van der Waals surface area (Å²) in [5.41, 5.74) is 1.60. The second-order valence-electron chi connectivity index (χ2n) is 5.76. The molecular formula is C18H19ClF2N2O. The fourth-order valence-electron chi connectivity index (χ4n) is 2.92. The van der Waals surface area contributed by atoms with Gasteiger partial charge in [-0.2, -0.15) is 0 Å². The van der Waals surface area contributed by atoms with Crippen molar-refractivity contribution in [1.82, 2.24) is 10.2 Å². The van der Waals surface area contributed by atoms with Gasteiger partial charge >= 0.3 is 0 Å². The van der Waals surface area contributed by atoms with Gasteiger partial charge in [-0.25, -0.2) is 8.78 Å². The number of aryl methyl sites for hydroxylation is 1. The van der Waals surface area contributed by atoms with E-state index in [2.05, 4.69) is 5.32 Å². The Morgan fingerprint density at radius 1 is 1.21 bits per heavy atom. The van der Waals surface area contributed by atoms with Crippen LogP contribution in [0, 0.1) is 18.6 Å². The SMILES string of the molecule is Cc1ccc(F)c(C(=O)N2CCNCC2c2cccc(F)c2)c1.Cl. The van der Waals surface area contributed by atoms with Crippen molar-refractivity contribution >= 4 is 18.3 Å². The number of carbonyl (C=O) groups excluding carboxylic acids is 1. The number of amides is 1. The van der Waals surface area contributed by atoms with Gasteiger partial charge in [0, 0.05) is 19.6 Å². The monoisotopic (exact) mass is 352 g/mol. The molecule has 1 saturated heterocycles. The van der Waals surface area contributed by atoms with E-state index in [0.717, 1.165) is 5.56 Å². The van der Waals surface area contributed by atoms with Crippen LogP contribution in [0.4, 0.5) is 8.78 Å². The standard InChI is InChI=1S/C18H18F2N2O.ClH/c1-12-5-6-16(20)15(9-12)18(23)22-8-7-21-11-17(22)13-3-2-4-14(19)10-13;/h2-6,9-10,17,21H,7-8,11H2,1H3;1H. The van der Waals surface area contributed by atoms with Gasteiger partial charge in [-0.3, -0.25) is 4.79 Å². The third kappa shape index (κ3) is 3.74. The van der Waals surface area contributed by atoms with Crippen LogP contribution in [0.5, 0.6) is 0 Å². The maximum atomic E-state index is 14.0. The summed E-state index contributed by atoms with van der Waals surface area (Å²) in [6.07, 6.45) is 0. The van der Waals surface area contributed by atoms with Crippen molar-refractivity contribution in [2.24, 2.45) is 0 Å². The summed E-state index contributed by atoms with van der Waals surface area (Å²) in [6, 6.07) is 10.4. The van der Waals surface area contributed by atoms with Gasteiger partial charge in [-0.05, 0) is 36.8 Å². The first-order valence-corrected chi connectivity index (χ1v) is 7.59. The summed E-state index contributed by atoms with van der Waals surface area (Å²) in [4.78, 5) is 14.4. The number of nitrogens with one attached hydrogen (secondary N) is 1. The average Bonchev–Trinajstić information content (AvgIpc) is 2.56. The van der Waals surface area contributed by atoms with Crippen molar-refractivity contribution in [3.05, 3.63) is 70.8 Å². The molecule has 0 bridgehead atoms. The van der Waals surface area contributed by atoms with Gasteiger partial charge in [0.2, 0.25) is 0 Å². The molecule has 128 valence electrons. The van der Waals surface area contributed by atoms with Crippen LogP contribution in [-0.2, 0) is 0 Å². The van der Waals surface area contributed by atoms with Gasteiger partial charge in [0.1, 0.15) is 11.6 Å². The van der Waals surface area contributed by atoms with Crippen LogP contribution in [0.25, 0.3) is 0 Å². The van der Waals surface area contributed by atoms with Gasteiger partial charge in [-0.15, -0.1) is 12.4 Å². The van der Waals surface area contributed by atoms with E-state index in [4.69, 9.17) is 0 Å². The lowest BCUT2D eigenvalue weighted by atomic mass is 10.0. The Labute approximate surface area is 146 Å². The topological polar surface area (TPSA) is 32.3 Å². The Morgan fingerprint density at radius 3 is 2.75 bits per heavy atom. The molecule has 1 aliphatic rings. The third-order valence-electron chi connectivity index (χ3n) is 4.09. The molecule has 1 atom stereocenters. The molecule has 3 rings (SSSR count). The first-order valence-electron chi connectivity index (χ1n) is 7.59. The Hall–Kier alpha value is -1.98. The minimum atomic E-state index is -0.530. The van der Waals surface area contributed by atoms with Crippen molar-refractivity contribution in [3.8, 4) is 0 Å². The van der Waals surface area contributed by atoms with Crippen molar-refractivity contribution in [3.63, 3.8) is 0 Å². The van der Waals surface area contributed by atoms with E-state index < -0.39 is 5.82 Å². The second-order valence-corrected chi connectivity index (χ2v) is 5.76. The number of hydrogen-bond acceptors (Lipinski definition) is 2. The fourth-order valence-corrected chi connectivity index (χ4v) is 2.92. The highest BCUT2D eigenvalue weighted by Crippen LogP contribution is 2.25. The Bertz CT molecular complexity index is 739. The molecule has 1 N–H and O–H groups in total. The van der Waals surface area contributed by atoms with Crippen LogP contribution in [0.2, 0.25) is 0 Å². The largest absolute Gasteiger partial charge is 0.329 e. The molecular weight excluding hydrogens is 334 g/mol. The number of rotatable bonds is 2. The fraction of sp³-hybridized carbons (Fsp3) is 0.278. The highest BCUT2D eigenvalue weighted by molar-refractivity contribution is 5.95. The van der Waals surface area contributed by atoms with E-state index in [0.29, 0.717) is 25.2 Å². The lowest BCUT2D eigenvalue weighted by Crippen LogP contribution is -2.48. The Balaban J connectivity index is 0.00000208. The van der Waals surface area contributed by atoms with Crippen LogP contribution >= 0.6 is 12.4 Å². The Morgan fingerprint density at radius 2 is 2.00 bits per heavy atom. The van der Waals surface area contributed by atoms with Gasteiger partial charge in [0.25, 0.3) is 5.91 Å². The molecule has 1 heterocycles. The number of carbonyl (C=O) groups is 1. The highest BCUT2D eigenvalue weighted by atomic mass is 35.5. The molecule has 0 saturated carbocycles. The number of halogens is 3. The van der Waals surface area contributed by atoms with E-state index in [-0.39, 0.29) is 35.7 Å². The van der Waals surface area contributed by atoms with Crippen LogP contribution in [-0.4, -0.2) is 30.4 Å². The van der Waals surface area contributed by atoms with E-state index in [1.165, 1.54) is 18.2 Å². The molecule has 3 nitrogen and oxygen atoms in total. The molecule has 1 aliphatic heterocycles.